The van der Waals surface area contributed by atoms with Crippen LogP contribution in [0.5, 0.6) is 17.2 Å². The van der Waals surface area contributed by atoms with Crippen molar-refractivity contribution in [3.63, 3.8) is 0 Å². The highest BCUT2D eigenvalue weighted by atomic mass is 32.2. The van der Waals surface area contributed by atoms with Crippen LogP contribution in [0.1, 0.15) is 5.56 Å². The Labute approximate surface area is 135 Å². The minimum atomic E-state index is -3.52. The average molecular weight is 335 g/mol. The predicted octanol–water partition coefficient (Wildman–Crippen LogP) is 2.08. The third-order valence-electron chi connectivity index (χ3n) is 3.31. The molecule has 3 rings (SSSR count). The molecule has 23 heavy (non-hydrogen) atoms. The van der Waals surface area contributed by atoms with Crippen LogP contribution < -0.4 is 18.9 Å². The van der Waals surface area contributed by atoms with Gasteiger partial charge in [-0.25, -0.2) is 13.1 Å². The summed E-state index contributed by atoms with van der Waals surface area (Å²) in [6.07, 6.45) is 0. The Morgan fingerprint density at radius 2 is 1.96 bits per heavy atom. The fraction of sp³-hybridized carbons (Fsp3) is 0.250. The largest absolute Gasteiger partial charge is 0.492 e. The molecule has 0 unspecified atom stereocenters. The van der Waals surface area contributed by atoms with Gasteiger partial charge in [-0.15, -0.1) is 0 Å². The smallest absolute Gasteiger partial charge is 0.240 e. The van der Waals surface area contributed by atoms with Gasteiger partial charge in [0.05, 0.1) is 4.90 Å². The first-order valence-electron chi connectivity index (χ1n) is 7.13. The van der Waals surface area contributed by atoms with Crippen LogP contribution in [0.2, 0.25) is 0 Å². The minimum Gasteiger partial charge on any atom is -0.492 e. The second kappa shape index (κ2) is 6.47. The van der Waals surface area contributed by atoms with Gasteiger partial charge in [0.25, 0.3) is 0 Å². The Hall–Kier alpha value is -2.25. The van der Waals surface area contributed by atoms with Crippen LogP contribution in [0.15, 0.2) is 47.4 Å². The Bertz CT molecular complexity index is 804. The van der Waals surface area contributed by atoms with E-state index >= 15 is 0 Å². The number of hydrogen-bond donors (Lipinski definition) is 1. The van der Waals surface area contributed by atoms with E-state index in [1.807, 2.05) is 13.0 Å². The van der Waals surface area contributed by atoms with E-state index in [9.17, 15) is 8.42 Å². The molecule has 2 aromatic rings. The molecular weight excluding hydrogens is 318 g/mol. The highest BCUT2D eigenvalue weighted by Gasteiger charge is 2.15. The maximum Gasteiger partial charge on any atom is 0.240 e. The van der Waals surface area contributed by atoms with Gasteiger partial charge in [-0.1, -0.05) is 12.1 Å². The van der Waals surface area contributed by atoms with Crippen molar-refractivity contribution in [2.45, 2.75) is 11.8 Å². The lowest BCUT2D eigenvalue weighted by Crippen LogP contribution is -2.28. The summed E-state index contributed by atoms with van der Waals surface area (Å²) in [5.74, 6) is 1.91. The van der Waals surface area contributed by atoms with E-state index in [1.165, 1.54) is 0 Å². The van der Waals surface area contributed by atoms with E-state index in [0.29, 0.717) is 17.2 Å². The van der Waals surface area contributed by atoms with Gasteiger partial charge in [0.1, 0.15) is 12.4 Å². The Morgan fingerprint density at radius 3 is 2.78 bits per heavy atom. The quantitative estimate of drug-likeness (QED) is 0.818. The number of aryl methyl sites for hydroxylation is 1. The molecule has 6 nitrogen and oxygen atoms in total. The Balaban J connectivity index is 1.53. The Kier molecular flexibility index (Phi) is 4.40. The highest BCUT2D eigenvalue weighted by Crippen LogP contribution is 2.34. The maximum absolute atomic E-state index is 12.1. The summed E-state index contributed by atoms with van der Waals surface area (Å²) in [6.45, 7) is 2.44. The summed E-state index contributed by atoms with van der Waals surface area (Å²) in [5, 5.41) is 0. The SMILES string of the molecule is Cc1cccc(S(=O)(=O)NCCOc2ccc3c(c2)OCO3)c1. The van der Waals surface area contributed by atoms with Gasteiger partial charge in [-0.2, -0.15) is 0 Å². The van der Waals surface area contributed by atoms with E-state index in [-0.39, 0.29) is 24.8 Å². The summed E-state index contributed by atoms with van der Waals surface area (Å²) in [7, 11) is -3.52. The van der Waals surface area contributed by atoms with Crippen molar-refractivity contribution in [2.75, 3.05) is 19.9 Å². The zero-order chi connectivity index (χ0) is 16.3. The lowest BCUT2D eigenvalue weighted by atomic mass is 10.2. The van der Waals surface area contributed by atoms with E-state index < -0.39 is 10.0 Å². The Morgan fingerprint density at radius 1 is 1.13 bits per heavy atom. The molecule has 0 bridgehead atoms. The highest BCUT2D eigenvalue weighted by molar-refractivity contribution is 7.89. The summed E-state index contributed by atoms with van der Waals surface area (Å²) < 4.78 is 42.8. The fourth-order valence-electron chi connectivity index (χ4n) is 2.18. The van der Waals surface area contributed by atoms with Crippen LogP contribution in [0.25, 0.3) is 0 Å². The zero-order valence-corrected chi connectivity index (χ0v) is 13.4. The van der Waals surface area contributed by atoms with Crippen molar-refractivity contribution in [3.05, 3.63) is 48.0 Å². The summed E-state index contributed by atoms with van der Waals surface area (Å²) in [6, 6.07) is 12.0. The molecule has 2 aromatic carbocycles. The number of nitrogens with one attached hydrogen (secondary N) is 1. The van der Waals surface area contributed by atoms with Crippen molar-refractivity contribution in [3.8, 4) is 17.2 Å². The molecule has 0 spiro atoms. The predicted molar refractivity (Wildman–Crippen MR) is 84.4 cm³/mol. The van der Waals surface area contributed by atoms with Gasteiger partial charge in [0.15, 0.2) is 11.5 Å². The van der Waals surface area contributed by atoms with Crippen molar-refractivity contribution in [1.29, 1.82) is 0 Å². The van der Waals surface area contributed by atoms with Crippen molar-refractivity contribution >= 4 is 10.0 Å². The molecule has 1 heterocycles. The molecule has 1 aliphatic rings. The number of hydrogen-bond acceptors (Lipinski definition) is 5. The van der Waals surface area contributed by atoms with E-state index in [1.54, 1.807) is 36.4 Å². The standard InChI is InChI=1S/C16H17NO5S/c1-12-3-2-4-14(9-12)23(18,19)17-7-8-20-13-5-6-15-16(10-13)22-11-21-15/h2-6,9-10,17H,7-8,11H2,1H3. The molecular formula is C16H17NO5S. The first-order valence-corrected chi connectivity index (χ1v) is 8.62. The van der Waals surface area contributed by atoms with E-state index in [4.69, 9.17) is 14.2 Å². The van der Waals surface area contributed by atoms with Crippen LogP contribution in [-0.4, -0.2) is 28.4 Å². The molecule has 1 N–H and O–H groups in total. The second-order valence-corrected chi connectivity index (χ2v) is 6.84. The number of ether oxygens (including phenoxy) is 3. The lowest BCUT2D eigenvalue weighted by Gasteiger charge is -2.09. The fourth-order valence-corrected chi connectivity index (χ4v) is 3.29. The van der Waals surface area contributed by atoms with Crippen LogP contribution in [0.4, 0.5) is 0 Å². The molecule has 0 aromatic heterocycles. The van der Waals surface area contributed by atoms with Crippen molar-refractivity contribution in [1.82, 2.24) is 4.72 Å². The first kappa shape index (κ1) is 15.6. The monoisotopic (exact) mass is 335 g/mol. The molecule has 0 radical (unpaired) electrons. The molecule has 0 fully saturated rings. The minimum absolute atomic E-state index is 0.171. The second-order valence-electron chi connectivity index (χ2n) is 5.08. The first-order chi connectivity index (χ1) is 11.0. The van der Waals surface area contributed by atoms with Crippen molar-refractivity contribution in [2.24, 2.45) is 0 Å². The average Bonchev–Trinajstić information content (AvgIpc) is 2.99. The molecule has 1 aliphatic heterocycles. The van der Waals surface area contributed by atoms with E-state index in [2.05, 4.69) is 4.72 Å². The number of rotatable bonds is 6. The number of benzene rings is 2. The van der Waals surface area contributed by atoms with Gasteiger partial charge >= 0.3 is 0 Å². The van der Waals surface area contributed by atoms with Crippen molar-refractivity contribution < 1.29 is 22.6 Å². The third kappa shape index (κ3) is 3.75. The van der Waals surface area contributed by atoms with Crippen LogP contribution in [0.3, 0.4) is 0 Å². The topological polar surface area (TPSA) is 73.9 Å². The van der Waals surface area contributed by atoms with Gasteiger partial charge in [0.2, 0.25) is 16.8 Å². The molecule has 0 saturated heterocycles. The number of fused-ring (bicyclic) bond motifs is 1. The molecule has 0 saturated carbocycles. The van der Waals surface area contributed by atoms with Gasteiger partial charge < -0.3 is 14.2 Å². The summed E-state index contributed by atoms with van der Waals surface area (Å²) >= 11 is 0. The third-order valence-corrected chi connectivity index (χ3v) is 4.77. The molecule has 7 heteroatoms. The maximum atomic E-state index is 12.1. The summed E-state index contributed by atoms with van der Waals surface area (Å²) in [4.78, 5) is 0.251. The zero-order valence-electron chi connectivity index (χ0n) is 12.6. The lowest BCUT2D eigenvalue weighted by molar-refractivity contribution is 0.173. The van der Waals surface area contributed by atoms with Crippen LogP contribution in [0, 0.1) is 6.92 Å². The molecule has 0 atom stereocenters. The van der Waals surface area contributed by atoms with E-state index in [0.717, 1.165) is 5.56 Å². The molecule has 0 amide bonds. The van der Waals surface area contributed by atoms with Gasteiger partial charge in [-0.3, -0.25) is 0 Å². The molecule has 122 valence electrons. The normalized spacial score (nSPS) is 13.1. The molecule has 0 aliphatic carbocycles. The van der Waals surface area contributed by atoms with Crippen LogP contribution in [-0.2, 0) is 10.0 Å². The number of sulfonamides is 1. The van der Waals surface area contributed by atoms with Crippen LogP contribution >= 0.6 is 0 Å². The summed E-state index contributed by atoms with van der Waals surface area (Å²) in [5.41, 5.74) is 0.893. The van der Waals surface area contributed by atoms with Gasteiger partial charge in [0, 0.05) is 12.6 Å². The van der Waals surface area contributed by atoms with Gasteiger partial charge in [-0.05, 0) is 36.8 Å².